The van der Waals surface area contributed by atoms with Crippen LogP contribution in [0.25, 0.3) is 24.0 Å². The number of thiophene rings is 1. The fourth-order valence-corrected chi connectivity index (χ4v) is 4.07. The van der Waals surface area contributed by atoms with Gasteiger partial charge in [0.2, 0.25) is 0 Å². The van der Waals surface area contributed by atoms with Crippen LogP contribution in [0.2, 0.25) is 0 Å². The molecule has 0 bridgehead atoms. The number of rotatable bonds is 3. The van der Waals surface area contributed by atoms with Crippen LogP contribution < -0.4 is 16.3 Å². The van der Waals surface area contributed by atoms with Gasteiger partial charge in [-0.15, -0.1) is 11.3 Å². The Morgan fingerprint density at radius 3 is 2.88 bits per heavy atom. The van der Waals surface area contributed by atoms with E-state index < -0.39 is 0 Å². The van der Waals surface area contributed by atoms with Gasteiger partial charge in [0.15, 0.2) is 0 Å². The van der Waals surface area contributed by atoms with Gasteiger partial charge in [-0.25, -0.2) is 4.98 Å². The first-order chi connectivity index (χ1) is 12.1. The van der Waals surface area contributed by atoms with Crippen molar-refractivity contribution in [3.63, 3.8) is 0 Å². The highest BCUT2D eigenvalue weighted by molar-refractivity contribution is 7.13. The third-order valence-electron chi connectivity index (χ3n) is 4.16. The van der Waals surface area contributed by atoms with Crippen molar-refractivity contribution in [1.82, 2.24) is 15.0 Å². The molecule has 5 heteroatoms. The lowest BCUT2D eigenvalue weighted by Crippen LogP contribution is -2.21. The van der Waals surface area contributed by atoms with Crippen LogP contribution in [0.5, 0.6) is 0 Å². The van der Waals surface area contributed by atoms with Crippen LogP contribution in [0.3, 0.4) is 0 Å². The number of hydrogen-bond acceptors (Lipinski definition) is 3. The van der Waals surface area contributed by atoms with Crippen molar-refractivity contribution in [1.29, 1.82) is 0 Å². The van der Waals surface area contributed by atoms with Crippen LogP contribution in [0.15, 0.2) is 47.4 Å². The third-order valence-corrected chi connectivity index (χ3v) is 5.34. The van der Waals surface area contributed by atoms with Gasteiger partial charge in [0.05, 0.1) is 5.22 Å². The van der Waals surface area contributed by atoms with Crippen LogP contribution in [0.4, 0.5) is 0 Å². The Morgan fingerprint density at radius 1 is 1.28 bits per heavy atom. The van der Waals surface area contributed by atoms with Gasteiger partial charge in [0, 0.05) is 27.9 Å². The maximum absolute atomic E-state index is 12.3. The van der Waals surface area contributed by atoms with Gasteiger partial charge < -0.3 is 9.97 Å². The number of H-pyrrole nitrogens is 2. The lowest BCUT2D eigenvalue weighted by Gasteiger charge is -1.97. The molecular weight excluding hydrogens is 330 g/mol. The van der Waals surface area contributed by atoms with E-state index in [0.29, 0.717) is 16.5 Å². The van der Waals surface area contributed by atoms with Crippen molar-refractivity contribution >= 4 is 24.0 Å². The van der Waals surface area contributed by atoms with Gasteiger partial charge in [-0.05, 0) is 30.2 Å². The lowest BCUT2D eigenvalue weighted by molar-refractivity contribution is 1.07. The zero-order chi connectivity index (χ0) is 17.4. The Bertz CT molecular complexity index is 1170. The molecule has 0 spiro atoms. The Labute approximate surface area is 148 Å². The van der Waals surface area contributed by atoms with E-state index in [2.05, 4.69) is 58.8 Å². The molecule has 0 radical (unpaired) electrons. The standard InChI is InChI=1S/C20H17N3OS/c1-12-8-15(9-14-6-4-3-5-7-14)25-18(12)10-16-17-11-21-13(2)22-19(17)23-20(16)24/h3-8,10-11,21H,2,9H2,1H3,(H,22,23,24). The summed E-state index contributed by atoms with van der Waals surface area (Å²) in [6, 6.07) is 12.6. The fraction of sp³-hybridized carbons (Fsp3) is 0.100. The van der Waals surface area contributed by atoms with Gasteiger partial charge >= 0.3 is 0 Å². The SMILES string of the molecule is C=c1nc2[nH]c(=O)c(=Cc3sc(Cc4ccccc4)cc3C)c-2c[nH]1. The number of nitrogens with zero attached hydrogens (tertiary/aromatic N) is 1. The molecule has 25 heavy (non-hydrogen) atoms. The molecule has 0 atom stereocenters. The number of aryl methyl sites for hydroxylation is 1. The molecule has 1 aromatic carbocycles. The average molecular weight is 347 g/mol. The second-order valence-electron chi connectivity index (χ2n) is 6.04. The number of aromatic nitrogens is 3. The van der Waals surface area contributed by atoms with Crippen LogP contribution in [-0.4, -0.2) is 15.0 Å². The summed E-state index contributed by atoms with van der Waals surface area (Å²) in [5, 5.41) is 0.634. The summed E-state index contributed by atoms with van der Waals surface area (Å²) in [5.41, 5.74) is 3.65. The maximum atomic E-state index is 12.3. The van der Waals surface area contributed by atoms with E-state index in [-0.39, 0.29) is 5.56 Å². The first-order valence-electron chi connectivity index (χ1n) is 8.01. The molecule has 3 heterocycles. The van der Waals surface area contributed by atoms with E-state index in [1.807, 2.05) is 12.1 Å². The largest absolute Gasteiger partial charge is 0.346 e. The van der Waals surface area contributed by atoms with Crippen molar-refractivity contribution in [2.75, 3.05) is 0 Å². The summed E-state index contributed by atoms with van der Waals surface area (Å²) in [5.74, 6) is 0.568. The van der Waals surface area contributed by atoms with Gasteiger partial charge in [-0.2, -0.15) is 0 Å². The number of fused-ring (bicyclic) bond motifs is 1. The Morgan fingerprint density at radius 2 is 2.08 bits per heavy atom. The highest BCUT2D eigenvalue weighted by Gasteiger charge is 2.12. The fourth-order valence-electron chi connectivity index (χ4n) is 2.91. The van der Waals surface area contributed by atoms with Crippen LogP contribution in [0, 0.1) is 6.92 Å². The summed E-state index contributed by atoms with van der Waals surface area (Å²) < 4.78 is 0. The summed E-state index contributed by atoms with van der Waals surface area (Å²) in [7, 11) is 0. The summed E-state index contributed by atoms with van der Waals surface area (Å²) in [6.07, 6.45) is 4.63. The Kier molecular flexibility index (Phi) is 3.86. The van der Waals surface area contributed by atoms with Gasteiger partial charge in [-0.3, -0.25) is 4.79 Å². The summed E-state index contributed by atoms with van der Waals surface area (Å²) in [6.45, 7) is 5.83. The topological polar surface area (TPSA) is 61.5 Å². The van der Waals surface area contributed by atoms with Gasteiger partial charge in [-0.1, -0.05) is 36.9 Å². The molecule has 2 aliphatic rings. The third kappa shape index (κ3) is 3.06. The molecule has 2 N–H and O–H groups in total. The first kappa shape index (κ1) is 15.6. The smallest absolute Gasteiger partial charge is 0.257 e. The maximum Gasteiger partial charge on any atom is 0.257 e. The van der Waals surface area contributed by atoms with Crippen molar-refractivity contribution in [3.05, 3.63) is 84.5 Å². The van der Waals surface area contributed by atoms with Crippen molar-refractivity contribution in [2.24, 2.45) is 0 Å². The molecule has 1 aromatic heterocycles. The predicted octanol–water partition coefficient (Wildman–Crippen LogP) is 2.40. The molecular formula is C20H17N3OS. The van der Waals surface area contributed by atoms with E-state index >= 15 is 0 Å². The average Bonchev–Trinajstić information content (AvgIpc) is 3.08. The molecule has 2 aliphatic heterocycles. The quantitative estimate of drug-likeness (QED) is 0.598. The van der Waals surface area contributed by atoms with Crippen molar-refractivity contribution in [2.45, 2.75) is 13.3 Å². The molecule has 0 aliphatic carbocycles. The van der Waals surface area contributed by atoms with Crippen LogP contribution >= 0.6 is 11.3 Å². The van der Waals surface area contributed by atoms with E-state index in [1.54, 1.807) is 17.5 Å². The number of aromatic amines is 2. The second kappa shape index (κ2) is 6.18. The Balaban J connectivity index is 1.77. The summed E-state index contributed by atoms with van der Waals surface area (Å²) >= 11 is 1.72. The molecule has 2 aromatic rings. The number of benzene rings is 1. The lowest BCUT2D eigenvalue weighted by atomic mass is 10.1. The molecule has 124 valence electrons. The molecule has 0 saturated carbocycles. The zero-order valence-electron chi connectivity index (χ0n) is 13.8. The number of hydrogen-bond donors (Lipinski definition) is 2. The molecule has 4 nitrogen and oxygen atoms in total. The summed E-state index contributed by atoms with van der Waals surface area (Å²) in [4.78, 5) is 24.7. The van der Waals surface area contributed by atoms with Crippen LogP contribution in [0.1, 0.15) is 20.9 Å². The molecule has 0 unspecified atom stereocenters. The molecule has 0 saturated heterocycles. The van der Waals surface area contributed by atoms with Crippen molar-refractivity contribution < 1.29 is 0 Å². The van der Waals surface area contributed by atoms with Gasteiger partial charge in [0.25, 0.3) is 5.56 Å². The minimum Gasteiger partial charge on any atom is -0.346 e. The minimum absolute atomic E-state index is 0.126. The van der Waals surface area contributed by atoms with Crippen LogP contribution in [-0.2, 0) is 6.42 Å². The second-order valence-corrected chi connectivity index (χ2v) is 7.21. The molecule has 0 amide bonds. The first-order valence-corrected chi connectivity index (χ1v) is 8.83. The van der Waals surface area contributed by atoms with E-state index in [4.69, 9.17) is 0 Å². The normalized spacial score (nSPS) is 12.1. The number of nitrogens with one attached hydrogen (secondary N) is 2. The predicted molar refractivity (Wildman–Crippen MR) is 102 cm³/mol. The van der Waals surface area contributed by atoms with Gasteiger partial charge in [0.1, 0.15) is 11.3 Å². The highest BCUT2D eigenvalue weighted by Crippen LogP contribution is 2.25. The van der Waals surface area contributed by atoms with E-state index in [0.717, 1.165) is 16.9 Å². The zero-order valence-corrected chi connectivity index (χ0v) is 14.6. The highest BCUT2D eigenvalue weighted by atomic mass is 32.1. The monoisotopic (exact) mass is 347 g/mol. The van der Waals surface area contributed by atoms with E-state index in [9.17, 15) is 4.79 Å². The molecule has 4 rings (SSSR count). The molecule has 0 fully saturated rings. The minimum atomic E-state index is -0.126. The Hall–Kier alpha value is -2.92. The van der Waals surface area contributed by atoms with Crippen molar-refractivity contribution in [3.8, 4) is 11.4 Å². The van der Waals surface area contributed by atoms with E-state index in [1.165, 1.54) is 16.0 Å².